The molecule has 3 heteroatoms. The van der Waals surface area contributed by atoms with Gasteiger partial charge in [-0.15, -0.1) is 0 Å². The Morgan fingerprint density at radius 2 is 1.48 bits per heavy atom. The van der Waals surface area contributed by atoms with Crippen LogP contribution in [0.2, 0.25) is 0 Å². The minimum absolute atomic E-state index is 0.202. The van der Waals surface area contributed by atoms with Crippen LogP contribution in [0.15, 0.2) is 77.3 Å². The van der Waals surface area contributed by atoms with Gasteiger partial charge < -0.3 is 4.42 Å². The van der Waals surface area contributed by atoms with Crippen LogP contribution in [-0.4, -0.2) is 0 Å². The molecule has 2 nitrogen and oxygen atoms in total. The zero-order valence-electron chi connectivity index (χ0n) is 19.9. The van der Waals surface area contributed by atoms with E-state index in [0.29, 0.717) is 11.1 Å². The average molecular weight is 439 g/mol. The van der Waals surface area contributed by atoms with E-state index in [1.54, 1.807) is 6.07 Å². The van der Waals surface area contributed by atoms with Crippen molar-refractivity contribution in [2.24, 2.45) is 12.5 Å². The van der Waals surface area contributed by atoms with E-state index in [1.165, 1.54) is 5.56 Å². The molecule has 2 heterocycles. The third-order valence-electron chi connectivity index (χ3n) is 6.26. The van der Waals surface area contributed by atoms with E-state index in [0.717, 1.165) is 45.2 Å². The first-order valence-electron chi connectivity index (χ1n) is 11.4. The highest BCUT2D eigenvalue weighted by Gasteiger charge is 2.23. The smallest absolute Gasteiger partial charge is 0.216 e. The summed E-state index contributed by atoms with van der Waals surface area (Å²) >= 11 is 0. The number of nitrogens with zero attached hydrogens (tertiary/aromatic N) is 1. The van der Waals surface area contributed by atoms with Gasteiger partial charge in [0.2, 0.25) is 5.69 Å². The monoisotopic (exact) mass is 438 g/mol. The maximum absolute atomic E-state index is 15.2. The Labute approximate surface area is 194 Å². The fraction of sp³-hybridized carbons (Fsp3) is 0.233. The summed E-state index contributed by atoms with van der Waals surface area (Å²) in [6.07, 6.45) is 3.00. The number of aryl methyl sites for hydroxylation is 2. The molecule has 0 radical (unpaired) electrons. The van der Waals surface area contributed by atoms with Crippen molar-refractivity contribution in [3.63, 3.8) is 0 Å². The van der Waals surface area contributed by atoms with Crippen LogP contribution in [0, 0.1) is 18.2 Å². The summed E-state index contributed by atoms with van der Waals surface area (Å²) in [5, 5.41) is 1.93. The molecule has 5 rings (SSSR count). The number of hydrogen-bond donors (Lipinski definition) is 0. The van der Waals surface area contributed by atoms with E-state index in [-0.39, 0.29) is 11.2 Å². The second kappa shape index (κ2) is 7.84. The van der Waals surface area contributed by atoms with Crippen molar-refractivity contribution < 1.29 is 13.4 Å². The third-order valence-corrected chi connectivity index (χ3v) is 6.26. The van der Waals surface area contributed by atoms with Crippen molar-refractivity contribution in [1.29, 1.82) is 0 Å². The second-order valence-electron chi connectivity index (χ2n) is 10.2. The number of pyridine rings is 1. The normalized spacial score (nSPS) is 12.1. The summed E-state index contributed by atoms with van der Waals surface area (Å²) in [5.74, 6) is -0.270. The van der Waals surface area contributed by atoms with Crippen molar-refractivity contribution in [3.8, 4) is 22.4 Å². The lowest BCUT2D eigenvalue weighted by Crippen LogP contribution is -2.30. The van der Waals surface area contributed by atoms with Gasteiger partial charge in [0.1, 0.15) is 24.0 Å². The molecule has 0 amide bonds. The van der Waals surface area contributed by atoms with Crippen molar-refractivity contribution in [1.82, 2.24) is 0 Å². The van der Waals surface area contributed by atoms with Gasteiger partial charge in [-0.2, -0.15) is 0 Å². The van der Waals surface area contributed by atoms with Crippen molar-refractivity contribution in [2.45, 2.75) is 34.1 Å². The maximum atomic E-state index is 15.2. The van der Waals surface area contributed by atoms with Crippen LogP contribution in [0.3, 0.4) is 0 Å². The predicted molar refractivity (Wildman–Crippen MR) is 134 cm³/mol. The summed E-state index contributed by atoms with van der Waals surface area (Å²) in [7, 11) is 2.03. The zero-order valence-corrected chi connectivity index (χ0v) is 19.9. The van der Waals surface area contributed by atoms with Crippen LogP contribution in [0.1, 0.15) is 31.9 Å². The van der Waals surface area contributed by atoms with Gasteiger partial charge in [-0.05, 0) is 53.6 Å². The van der Waals surface area contributed by atoms with Gasteiger partial charge in [0, 0.05) is 22.9 Å². The van der Waals surface area contributed by atoms with E-state index in [9.17, 15) is 0 Å². The molecule has 0 aliphatic rings. The number of furan rings is 1. The molecule has 0 spiro atoms. The fourth-order valence-electron chi connectivity index (χ4n) is 4.75. The third kappa shape index (κ3) is 3.82. The summed E-state index contributed by atoms with van der Waals surface area (Å²) < 4.78 is 23.8. The number of benzene rings is 3. The lowest BCUT2D eigenvalue weighted by Gasteiger charge is -2.18. The van der Waals surface area contributed by atoms with Crippen LogP contribution in [0.4, 0.5) is 4.39 Å². The molecule has 33 heavy (non-hydrogen) atoms. The molecule has 5 aromatic rings. The summed E-state index contributed by atoms with van der Waals surface area (Å²) in [6, 6.07) is 21.9. The first-order valence-corrected chi connectivity index (χ1v) is 11.4. The Kier molecular flexibility index (Phi) is 5.08. The molecular formula is C30H29FNO+. The molecule has 166 valence electrons. The Bertz CT molecular complexity index is 1490. The Morgan fingerprint density at radius 1 is 0.818 bits per heavy atom. The minimum atomic E-state index is -0.270. The van der Waals surface area contributed by atoms with Crippen LogP contribution < -0.4 is 4.57 Å². The highest BCUT2D eigenvalue weighted by molar-refractivity contribution is 6.13. The van der Waals surface area contributed by atoms with Crippen LogP contribution in [0.5, 0.6) is 0 Å². The van der Waals surface area contributed by atoms with Gasteiger partial charge in [0.25, 0.3) is 0 Å². The van der Waals surface area contributed by atoms with E-state index in [2.05, 4.69) is 62.6 Å². The van der Waals surface area contributed by atoms with E-state index in [4.69, 9.17) is 4.42 Å². The lowest BCUT2D eigenvalue weighted by atomic mass is 9.87. The van der Waals surface area contributed by atoms with E-state index >= 15 is 4.39 Å². The van der Waals surface area contributed by atoms with Gasteiger partial charge in [-0.25, -0.2) is 8.96 Å². The Morgan fingerprint density at radius 3 is 2.15 bits per heavy atom. The first kappa shape index (κ1) is 21.4. The first-order chi connectivity index (χ1) is 15.7. The Balaban J connectivity index is 1.74. The molecular weight excluding hydrogens is 409 g/mol. The molecule has 0 N–H and O–H groups in total. The standard InChI is InChI=1S/C30H29FNO/c1-19-9-14-22-23-15-16-24(31)27(21-12-10-20(11-13-21)18-30(2,3)4)29(23)33-28(22)26(19)25-8-6-7-17-32(25)5/h6-17H,18H2,1-5H3/q+1. The van der Waals surface area contributed by atoms with Gasteiger partial charge in [0.15, 0.2) is 6.20 Å². The highest BCUT2D eigenvalue weighted by Crippen LogP contribution is 2.41. The summed E-state index contributed by atoms with van der Waals surface area (Å²) in [6.45, 7) is 8.76. The van der Waals surface area contributed by atoms with Crippen molar-refractivity contribution in [3.05, 3.63) is 89.9 Å². The molecule has 0 bridgehead atoms. The molecule has 0 fully saturated rings. The van der Waals surface area contributed by atoms with Crippen molar-refractivity contribution in [2.75, 3.05) is 0 Å². The Hall–Kier alpha value is -3.46. The van der Waals surface area contributed by atoms with Crippen LogP contribution in [0.25, 0.3) is 44.3 Å². The van der Waals surface area contributed by atoms with E-state index in [1.807, 2.05) is 43.6 Å². The SMILES string of the molecule is Cc1ccc2c(oc3c(-c4ccc(CC(C)(C)C)cc4)c(F)ccc32)c1-c1cccc[n+]1C. The van der Waals surface area contributed by atoms with Crippen LogP contribution in [-0.2, 0) is 13.5 Å². The highest BCUT2D eigenvalue weighted by atomic mass is 19.1. The predicted octanol–water partition coefficient (Wildman–Crippen LogP) is 7.78. The van der Waals surface area contributed by atoms with Crippen LogP contribution >= 0.6 is 0 Å². The molecule has 0 aliphatic carbocycles. The minimum Gasteiger partial charge on any atom is -0.454 e. The van der Waals surface area contributed by atoms with E-state index < -0.39 is 0 Å². The zero-order chi connectivity index (χ0) is 23.3. The molecule has 0 saturated carbocycles. The van der Waals surface area contributed by atoms with Gasteiger partial charge in [-0.3, -0.25) is 0 Å². The summed E-state index contributed by atoms with van der Waals surface area (Å²) in [5.41, 5.74) is 7.42. The molecule has 0 atom stereocenters. The maximum Gasteiger partial charge on any atom is 0.216 e. The average Bonchev–Trinajstić information content (AvgIpc) is 3.12. The second-order valence-corrected chi connectivity index (χ2v) is 10.2. The van der Waals surface area contributed by atoms with Gasteiger partial charge in [-0.1, -0.05) is 57.2 Å². The summed E-state index contributed by atoms with van der Waals surface area (Å²) in [4.78, 5) is 0. The van der Waals surface area contributed by atoms with Gasteiger partial charge in [0.05, 0.1) is 11.1 Å². The fourth-order valence-corrected chi connectivity index (χ4v) is 4.75. The number of fused-ring (bicyclic) bond motifs is 3. The molecule has 2 aromatic heterocycles. The quantitative estimate of drug-likeness (QED) is 0.263. The molecule has 0 unspecified atom stereocenters. The number of aromatic nitrogens is 1. The molecule has 0 aliphatic heterocycles. The van der Waals surface area contributed by atoms with Gasteiger partial charge >= 0.3 is 0 Å². The lowest BCUT2D eigenvalue weighted by molar-refractivity contribution is -0.660. The number of rotatable bonds is 3. The largest absolute Gasteiger partial charge is 0.454 e. The molecule has 3 aromatic carbocycles. The number of hydrogen-bond acceptors (Lipinski definition) is 1. The van der Waals surface area contributed by atoms with Crippen molar-refractivity contribution >= 4 is 21.9 Å². The number of halogens is 1. The molecule has 0 saturated heterocycles. The topological polar surface area (TPSA) is 17.0 Å².